The van der Waals surface area contributed by atoms with Gasteiger partial charge in [0, 0.05) is 6.61 Å². The third kappa shape index (κ3) is 3.49. The maximum Gasteiger partial charge on any atom is 0.374 e. The van der Waals surface area contributed by atoms with Crippen molar-refractivity contribution in [2.45, 2.75) is 39.1 Å². The van der Waals surface area contributed by atoms with E-state index >= 15 is 0 Å². The second-order valence-electron chi connectivity index (χ2n) is 5.56. The maximum atomic E-state index is 12.7. The third-order valence-electron chi connectivity index (χ3n) is 3.90. The molecule has 1 aliphatic rings. The molecule has 2 heterocycles. The Hall–Kier alpha value is -2.18. The summed E-state index contributed by atoms with van der Waals surface area (Å²) in [6.45, 7) is 2.48. The molecule has 0 N–H and O–H groups in total. The lowest BCUT2D eigenvalue weighted by Crippen LogP contribution is -2.25. The van der Waals surface area contributed by atoms with E-state index in [1.807, 2.05) is 0 Å². The predicted octanol–water partition coefficient (Wildman–Crippen LogP) is 3.01. The molecule has 1 aromatic heterocycles. The normalized spacial score (nSPS) is 17.8. The largest absolute Gasteiger partial charge is 0.460 e. The molecule has 0 spiro atoms. The molecular formula is C18H20O6. The van der Waals surface area contributed by atoms with Crippen LogP contribution in [0.15, 0.2) is 33.5 Å². The number of carbonyl (C=O) groups excluding carboxylic acids is 1. The van der Waals surface area contributed by atoms with Gasteiger partial charge in [-0.05, 0) is 38.3 Å². The lowest BCUT2D eigenvalue weighted by Gasteiger charge is -2.22. The van der Waals surface area contributed by atoms with E-state index in [9.17, 15) is 9.59 Å². The number of ether oxygens (including phenoxy) is 3. The summed E-state index contributed by atoms with van der Waals surface area (Å²) in [5.41, 5.74) is 0.236. The lowest BCUT2D eigenvalue weighted by atomic mass is 10.1. The molecule has 1 atom stereocenters. The number of hydrogen-bond donors (Lipinski definition) is 0. The number of fused-ring (bicyclic) bond motifs is 1. The summed E-state index contributed by atoms with van der Waals surface area (Å²) in [6.07, 6.45) is 2.43. The summed E-state index contributed by atoms with van der Waals surface area (Å²) >= 11 is 0. The highest BCUT2D eigenvalue weighted by molar-refractivity contribution is 5.90. The van der Waals surface area contributed by atoms with E-state index in [0.29, 0.717) is 17.6 Å². The quantitative estimate of drug-likeness (QED) is 0.784. The van der Waals surface area contributed by atoms with Crippen molar-refractivity contribution < 1.29 is 23.4 Å². The first kappa shape index (κ1) is 16.7. The molecular weight excluding hydrogens is 312 g/mol. The number of rotatable bonds is 5. The molecule has 0 radical (unpaired) electrons. The highest BCUT2D eigenvalue weighted by Crippen LogP contribution is 2.20. The number of esters is 1. The van der Waals surface area contributed by atoms with Crippen molar-refractivity contribution >= 4 is 16.9 Å². The van der Waals surface area contributed by atoms with Crippen LogP contribution in [0.3, 0.4) is 0 Å². The molecule has 1 unspecified atom stereocenters. The van der Waals surface area contributed by atoms with Crippen LogP contribution in [-0.2, 0) is 20.8 Å². The standard InChI is InChI=1S/C18H20O6/c1-2-21-18(20)17-13(11-23-15-9-5-6-10-22-15)16(19)12-7-3-4-8-14(12)24-17/h3-4,7-8,15H,2,5-6,9-11H2,1H3. The van der Waals surface area contributed by atoms with E-state index in [1.54, 1.807) is 31.2 Å². The van der Waals surface area contributed by atoms with Gasteiger partial charge in [0.15, 0.2) is 11.7 Å². The lowest BCUT2D eigenvalue weighted by molar-refractivity contribution is -0.169. The highest BCUT2D eigenvalue weighted by Gasteiger charge is 2.23. The fraction of sp³-hybridized carbons (Fsp3) is 0.444. The molecule has 0 amide bonds. The molecule has 1 saturated heterocycles. The summed E-state index contributed by atoms with van der Waals surface area (Å²) in [7, 11) is 0. The average molecular weight is 332 g/mol. The Bertz CT molecular complexity index is 773. The fourth-order valence-electron chi connectivity index (χ4n) is 2.69. The SMILES string of the molecule is CCOC(=O)c1oc2ccccc2c(=O)c1COC1CCCCO1. The molecule has 1 aliphatic heterocycles. The summed E-state index contributed by atoms with van der Waals surface area (Å²) < 4.78 is 21.8. The highest BCUT2D eigenvalue weighted by atomic mass is 16.7. The molecule has 3 rings (SSSR count). The first-order chi connectivity index (χ1) is 11.7. The van der Waals surface area contributed by atoms with Gasteiger partial charge < -0.3 is 18.6 Å². The van der Waals surface area contributed by atoms with Crippen LogP contribution in [-0.4, -0.2) is 25.5 Å². The van der Waals surface area contributed by atoms with E-state index in [0.717, 1.165) is 19.3 Å². The van der Waals surface area contributed by atoms with Crippen molar-refractivity contribution in [1.29, 1.82) is 0 Å². The molecule has 2 aromatic rings. The Balaban J connectivity index is 1.95. The van der Waals surface area contributed by atoms with Crippen LogP contribution in [0, 0.1) is 0 Å². The molecule has 6 nitrogen and oxygen atoms in total. The summed E-state index contributed by atoms with van der Waals surface area (Å²) in [4.78, 5) is 24.9. The first-order valence-corrected chi connectivity index (χ1v) is 8.15. The smallest absolute Gasteiger partial charge is 0.374 e. The van der Waals surface area contributed by atoms with Crippen molar-refractivity contribution in [3.63, 3.8) is 0 Å². The topological polar surface area (TPSA) is 75.0 Å². The minimum absolute atomic E-state index is 0.0496. The number of para-hydroxylation sites is 1. The average Bonchev–Trinajstić information content (AvgIpc) is 2.62. The Kier molecular flexibility index (Phi) is 5.27. The predicted molar refractivity (Wildman–Crippen MR) is 86.8 cm³/mol. The number of carbonyl (C=O) groups is 1. The first-order valence-electron chi connectivity index (χ1n) is 8.15. The zero-order valence-electron chi connectivity index (χ0n) is 13.6. The molecule has 0 saturated carbocycles. The van der Waals surface area contributed by atoms with Gasteiger partial charge in [-0.15, -0.1) is 0 Å². The maximum absolute atomic E-state index is 12.7. The van der Waals surface area contributed by atoms with Crippen LogP contribution < -0.4 is 5.43 Å². The number of benzene rings is 1. The monoisotopic (exact) mass is 332 g/mol. The van der Waals surface area contributed by atoms with Gasteiger partial charge in [0.25, 0.3) is 0 Å². The van der Waals surface area contributed by atoms with Gasteiger partial charge in [-0.1, -0.05) is 12.1 Å². The Labute approximate surface area is 139 Å². The van der Waals surface area contributed by atoms with Crippen molar-refractivity contribution in [3.8, 4) is 0 Å². The van der Waals surface area contributed by atoms with E-state index < -0.39 is 5.97 Å². The second kappa shape index (κ2) is 7.59. The van der Waals surface area contributed by atoms with Crippen LogP contribution in [0.1, 0.15) is 42.3 Å². The Morgan fingerprint density at radius 1 is 1.29 bits per heavy atom. The van der Waals surface area contributed by atoms with Crippen LogP contribution >= 0.6 is 0 Å². The van der Waals surface area contributed by atoms with Gasteiger partial charge in [0.1, 0.15) is 5.58 Å². The molecule has 128 valence electrons. The minimum atomic E-state index is -0.663. The second-order valence-corrected chi connectivity index (χ2v) is 5.56. The van der Waals surface area contributed by atoms with Crippen LogP contribution in [0.2, 0.25) is 0 Å². The van der Waals surface area contributed by atoms with E-state index in [4.69, 9.17) is 18.6 Å². The van der Waals surface area contributed by atoms with Crippen LogP contribution in [0.4, 0.5) is 0 Å². The van der Waals surface area contributed by atoms with E-state index in [-0.39, 0.29) is 36.3 Å². The van der Waals surface area contributed by atoms with Gasteiger partial charge in [-0.3, -0.25) is 4.79 Å². The Morgan fingerprint density at radius 3 is 2.88 bits per heavy atom. The van der Waals surface area contributed by atoms with Crippen LogP contribution in [0.25, 0.3) is 11.0 Å². The molecule has 24 heavy (non-hydrogen) atoms. The minimum Gasteiger partial charge on any atom is -0.460 e. The van der Waals surface area contributed by atoms with Gasteiger partial charge >= 0.3 is 5.97 Å². The third-order valence-corrected chi connectivity index (χ3v) is 3.90. The molecule has 0 aliphatic carbocycles. The number of hydrogen-bond acceptors (Lipinski definition) is 6. The molecule has 1 fully saturated rings. The van der Waals surface area contributed by atoms with E-state index in [1.165, 1.54) is 0 Å². The summed E-state index contributed by atoms with van der Waals surface area (Å²) in [5, 5.41) is 0.411. The Morgan fingerprint density at radius 2 is 2.12 bits per heavy atom. The fourth-order valence-corrected chi connectivity index (χ4v) is 2.69. The summed E-state index contributed by atoms with van der Waals surface area (Å²) in [5.74, 6) is -0.764. The van der Waals surface area contributed by atoms with Gasteiger partial charge in [0.05, 0.1) is 24.2 Å². The van der Waals surface area contributed by atoms with Gasteiger partial charge in [-0.25, -0.2) is 4.79 Å². The van der Waals surface area contributed by atoms with E-state index in [2.05, 4.69) is 0 Å². The zero-order chi connectivity index (χ0) is 16.9. The van der Waals surface area contributed by atoms with Crippen molar-refractivity contribution in [1.82, 2.24) is 0 Å². The zero-order valence-corrected chi connectivity index (χ0v) is 13.6. The van der Waals surface area contributed by atoms with Crippen molar-refractivity contribution in [2.75, 3.05) is 13.2 Å². The molecule has 0 bridgehead atoms. The van der Waals surface area contributed by atoms with Gasteiger partial charge in [0.2, 0.25) is 5.76 Å². The summed E-state index contributed by atoms with van der Waals surface area (Å²) in [6, 6.07) is 6.80. The van der Waals surface area contributed by atoms with Crippen LogP contribution in [0.5, 0.6) is 0 Å². The van der Waals surface area contributed by atoms with Gasteiger partial charge in [-0.2, -0.15) is 0 Å². The van der Waals surface area contributed by atoms with Crippen molar-refractivity contribution in [2.24, 2.45) is 0 Å². The molecule has 6 heteroatoms. The van der Waals surface area contributed by atoms with Crippen molar-refractivity contribution in [3.05, 3.63) is 45.8 Å². The molecule has 1 aromatic carbocycles.